The Hall–Kier alpha value is -4.38. The fourth-order valence-electron chi connectivity index (χ4n) is 3.75. The van der Waals surface area contributed by atoms with Gasteiger partial charge < -0.3 is 14.9 Å². The number of carboxylic acid groups (broad SMARTS) is 1. The van der Waals surface area contributed by atoms with E-state index in [-0.39, 0.29) is 16.7 Å². The number of hydrogen-bond donors (Lipinski definition) is 2. The van der Waals surface area contributed by atoms with Crippen molar-refractivity contribution >= 4 is 11.9 Å². The standard InChI is InChI=1S/C29H24O5/c1-29(2,23-11-15-25(30)16-12-23)24-13-17-26(18-14-24)34-28(33)22-9-5-20(6-10-22)19-3-7-21(8-4-19)27(31)32/h3-18,30H,1-2H3,(H,31,32). The fraction of sp³-hybridized carbons (Fsp3) is 0.103. The molecule has 0 aliphatic heterocycles. The van der Waals surface area contributed by atoms with E-state index in [9.17, 15) is 14.7 Å². The summed E-state index contributed by atoms with van der Waals surface area (Å²) >= 11 is 0. The molecule has 0 amide bonds. The van der Waals surface area contributed by atoms with E-state index in [0.717, 1.165) is 22.3 Å². The van der Waals surface area contributed by atoms with Gasteiger partial charge in [-0.1, -0.05) is 62.4 Å². The number of rotatable bonds is 6. The summed E-state index contributed by atoms with van der Waals surface area (Å²) in [5.74, 6) is -0.755. The molecule has 0 aliphatic carbocycles. The predicted octanol–water partition coefficient (Wildman–Crippen LogP) is 6.30. The van der Waals surface area contributed by atoms with Crippen molar-refractivity contribution in [3.8, 4) is 22.6 Å². The number of carboxylic acids is 1. The zero-order valence-electron chi connectivity index (χ0n) is 18.9. The van der Waals surface area contributed by atoms with E-state index in [2.05, 4.69) is 13.8 Å². The van der Waals surface area contributed by atoms with Crippen LogP contribution < -0.4 is 4.74 Å². The van der Waals surface area contributed by atoms with E-state index in [1.54, 1.807) is 72.8 Å². The van der Waals surface area contributed by atoms with Crippen LogP contribution >= 0.6 is 0 Å². The predicted molar refractivity (Wildman–Crippen MR) is 130 cm³/mol. The minimum atomic E-state index is -0.971. The van der Waals surface area contributed by atoms with Crippen molar-refractivity contribution in [2.45, 2.75) is 19.3 Å². The van der Waals surface area contributed by atoms with Crippen molar-refractivity contribution in [2.24, 2.45) is 0 Å². The van der Waals surface area contributed by atoms with Crippen LogP contribution in [0.3, 0.4) is 0 Å². The van der Waals surface area contributed by atoms with Crippen LogP contribution in [0.4, 0.5) is 0 Å². The third-order valence-electron chi connectivity index (χ3n) is 5.96. The monoisotopic (exact) mass is 452 g/mol. The molecule has 34 heavy (non-hydrogen) atoms. The highest BCUT2D eigenvalue weighted by molar-refractivity contribution is 5.92. The summed E-state index contributed by atoms with van der Waals surface area (Å²) in [6.45, 7) is 4.19. The second-order valence-electron chi connectivity index (χ2n) is 8.55. The lowest BCUT2D eigenvalue weighted by atomic mass is 9.78. The Labute approximate surface area is 197 Å². The summed E-state index contributed by atoms with van der Waals surface area (Å²) in [6.07, 6.45) is 0. The van der Waals surface area contributed by atoms with E-state index in [0.29, 0.717) is 11.3 Å². The first kappa shape index (κ1) is 22.8. The fourth-order valence-corrected chi connectivity index (χ4v) is 3.75. The Morgan fingerprint density at radius 3 is 1.56 bits per heavy atom. The van der Waals surface area contributed by atoms with Crippen molar-refractivity contribution in [3.63, 3.8) is 0 Å². The highest BCUT2D eigenvalue weighted by Gasteiger charge is 2.23. The van der Waals surface area contributed by atoms with Gasteiger partial charge in [0.15, 0.2) is 0 Å². The Morgan fingerprint density at radius 2 is 1.09 bits per heavy atom. The number of esters is 1. The topological polar surface area (TPSA) is 83.8 Å². The molecule has 5 nitrogen and oxygen atoms in total. The van der Waals surface area contributed by atoms with Gasteiger partial charge in [0.05, 0.1) is 11.1 Å². The molecule has 0 atom stereocenters. The SMILES string of the molecule is CC(C)(c1ccc(O)cc1)c1ccc(OC(=O)c2ccc(-c3ccc(C(=O)O)cc3)cc2)cc1. The van der Waals surface area contributed by atoms with Crippen molar-refractivity contribution in [1.82, 2.24) is 0 Å². The number of aromatic carboxylic acids is 1. The molecule has 170 valence electrons. The molecule has 0 bridgehead atoms. The van der Waals surface area contributed by atoms with Gasteiger partial charge in [0.25, 0.3) is 0 Å². The normalized spacial score (nSPS) is 11.1. The highest BCUT2D eigenvalue weighted by atomic mass is 16.5. The maximum absolute atomic E-state index is 12.6. The van der Waals surface area contributed by atoms with Crippen LogP contribution in [0.15, 0.2) is 97.1 Å². The van der Waals surface area contributed by atoms with E-state index < -0.39 is 11.9 Å². The van der Waals surface area contributed by atoms with E-state index in [1.807, 2.05) is 24.3 Å². The number of hydrogen-bond acceptors (Lipinski definition) is 4. The van der Waals surface area contributed by atoms with Gasteiger partial charge in [0.2, 0.25) is 0 Å². The molecule has 0 radical (unpaired) electrons. The molecular formula is C29H24O5. The number of phenolic OH excluding ortho intramolecular Hbond substituents is 1. The molecular weight excluding hydrogens is 428 g/mol. The van der Waals surface area contributed by atoms with Crippen molar-refractivity contribution in [1.29, 1.82) is 0 Å². The van der Waals surface area contributed by atoms with Crippen LogP contribution in [0.5, 0.6) is 11.5 Å². The molecule has 4 rings (SSSR count). The molecule has 4 aromatic carbocycles. The Morgan fingerprint density at radius 1 is 0.647 bits per heavy atom. The first-order valence-corrected chi connectivity index (χ1v) is 10.8. The van der Waals surface area contributed by atoms with E-state index in [1.165, 1.54) is 0 Å². The third-order valence-corrected chi connectivity index (χ3v) is 5.96. The Bertz CT molecular complexity index is 1300. The van der Waals surface area contributed by atoms with Gasteiger partial charge in [0.1, 0.15) is 11.5 Å². The summed E-state index contributed by atoms with van der Waals surface area (Å²) in [6, 6.07) is 28.1. The van der Waals surface area contributed by atoms with Gasteiger partial charge in [-0.15, -0.1) is 0 Å². The summed E-state index contributed by atoms with van der Waals surface area (Å²) in [4.78, 5) is 23.6. The van der Waals surface area contributed by atoms with Gasteiger partial charge >= 0.3 is 11.9 Å². The molecule has 0 heterocycles. The minimum absolute atomic E-state index is 0.224. The Balaban J connectivity index is 1.44. The lowest BCUT2D eigenvalue weighted by Crippen LogP contribution is -2.18. The van der Waals surface area contributed by atoms with Gasteiger partial charge in [0, 0.05) is 5.41 Å². The van der Waals surface area contributed by atoms with Crippen molar-refractivity contribution in [2.75, 3.05) is 0 Å². The number of carbonyl (C=O) groups is 2. The number of aromatic hydroxyl groups is 1. The quantitative estimate of drug-likeness (QED) is 0.265. The number of ether oxygens (including phenoxy) is 1. The highest BCUT2D eigenvalue weighted by Crippen LogP contribution is 2.33. The average Bonchev–Trinajstić information content (AvgIpc) is 2.85. The number of phenols is 1. The van der Waals surface area contributed by atoms with Crippen molar-refractivity contribution < 1.29 is 24.5 Å². The molecule has 0 aliphatic rings. The van der Waals surface area contributed by atoms with Crippen molar-refractivity contribution in [3.05, 3.63) is 119 Å². The molecule has 0 saturated heterocycles. The van der Waals surface area contributed by atoms with Gasteiger partial charge in [-0.3, -0.25) is 0 Å². The second-order valence-corrected chi connectivity index (χ2v) is 8.55. The smallest absolute Gasteiger partial charge is 0.343 e. The molecule has 5 heteroatoms. The van der Waals surface area contributed by atoms with Crippen LogP contribution in [-0.4, -0.2) is 22.2 Å². The van der Waals surface area contributed by atoms with Gasteiger partial charge in [-0.25, -0.2) is 9.59 Å². The van der Waals surface area contributed by atoms with Crippen LogP contribution in [0.2, 0.25) is 0 Å². The second kappa shape index (κ2) is 9.24. The molecule has 0 unspecified atom stereocenters. The number of benzene rings is 4. The summed E-state index contributed by atoms with van der Waals surface area (Å²) in [7, 11) is 0. The molecule has 0 spiro atoms. The largest absolute Gasteiger partial charge is 0.508 e. The maximum Gasteiger partial charge on any atom is 0.343 e. The summed E-state index contributed by atoms with van der Waals surface area (Å²) in [5, 5.41) is 18.6. The minimum Gasteiger partial charge on any atom is -0.508 e. The zero-order chi connectivity index (χ0) is 24.3. The molecule has 4 aromatic rings. The van der Waals surface area contributed by atoms with E-state index >= 15 is 0 Å². The summed E-state index contributed by atoms with van der Waals surface area (Å²) < 4.78 is 5.54. The number of carbonyl (C=O) groups excluding carboxylic acids is 1. The van der Waals surface area contributed by atoms with Gasteiger partial charge in [-0.05, 0) is 70.8 Å². The molecule has 2 N–H and O–H groups in total. The van der Waals surface area contributed by atoms with Crippen LogP contribution in [0, 0.1) is 0 Å². The molecule has 0 aromatic heterocycles. The van der Waals surface area contributed by atoms with Crippen LogP contribution in [-0.2, 0) is 5.41 Å². The first-order valence-electron chi connectivity index (χ1n) is 10.8. The average molecular weight is 453 g/mol. The van der Waals surface area contributed by atoms with Crippen LogP contribution in [0.25, 0.3) is 11.1 Å². The maximum atomic E-state index is 12.6. The Kier molecular flexibility index (Phi) is 6.19. The zero-order valence-corrected chi connectivity index (χ0v) is 18.9. The summed E-state index contributed by atoms with van der Waals surface area (Å²) in [5.41, 5.74) is 4.20. The van der Waals surface area contributed by atoms with E-state index in [4.69, 9.17) is 9.84 Å². The first-order chi connectivity index (χ1) is 16.2. The lowest BCUT2D eigenvalue weighted by molar-refractivity contribution is 0.0694. The van der Waals surface area contributed by atoms with Crippen LogP contribution in [0.1, 0.15) is 45.7 Å². The molecule has 0 fully saturated rings. The third kappa shape index (κ3) is 4.84. The lowest BCUT2D eigenvalue weighted by Gasteiger charge is -2.26. The van der Waals surface area contributed by atoms with Gasteiger partial charge in [-0.2, -0.15) is 0 Å². The molecule has 0 saturated carbocycles.